The molecule has 1 fully saturated rings. The highest BCUT2D eigenvalue weighted by Gasteiger charge is 2.33. The Morgan fingerprint density at radius 3 is 2.77 bits per heavy atom. The standard InChI is InChI=1S/C23H24N4O4/c1-13-16-5-3-4-6-19(16)31-20(13)23(30)27-9-7-15(11-27)21-24-18-12-26(14(2)28)10-8-17(18)22(29)25-21/h3-6,15H,7-12H2,1-2H3,(H,24,25,29). The molecule has 0 saturated carbocycles. The minimum absolute atomic E-state index is 0.0203. The van der Waals surface area contributed by atoms with Crippen LogP contribution >= 0.6 is 0 Å². The molecule has 0 aliphatic carbocycles. The van der Waals surface area contributed by atoms with Crippen LogP contribution in [0.15, 0.2) is 33.5 Å². The summed E-state index contributed by atoms with van der Waals surface area (Å²) in [4.78, 5) is 48.6. The minimum Gasteiger partial charge on any atom is -0.451 e. The summed E-state index contributed by atoms with van der Waals surface area (Å²) < 4.78 is 5.84. The highest BCUT2D eigenvalue weighted by atomic mass is 16.3. The maximum absolute atomic E-state index is 13.1. The number of likely N-dealkylation sites (tertiary alicyclic amines) is 1. The van der Waals surface area contributed by atoms with Crippen molar-refractivity contribution >= 4 is 22.8 Å². The molecule has 0 radical (unpaired) electrons. The molecule has 4 heterocycles. The summed E-state index contributed by atoms with van der Waals surface area (Å²) in [5.74, 6) is 0.739. The molecule has 1 saturated heterocycles. The number of hydrogen-bond acceptors (Lipinski definition) is 5. The van der Waals surface area contributed by atoms with Crippen molar-refractivity contribution in [3.05, 3.63) is 63.0 Å². The van der Waals surface area contributed by atoms with Gasteiger partial charge in [-0.25, -0.2) is 4.98 Å². The molecular formula is C23H24N4O4. The lowest BCUT2D eigenvalue weighted by Crippen LogP contribution is -2.38. The molecule has 1 aromatic carbocycles. The first-order valence-corrected chi connectivity index (χ1v) is 10.6. The number of aromatic amines is 1. The normalized spacial score (nSPS) is 18.5. The number of amides is 2. The van der Waals surface area contributed by atoms with Crippen molar-refractivity contribution in [3.8, 4) is 0 Å². The highest BCUT2D eigenvalue weighted by molar-refractivity contribution is 5.99. The van der Waals surface area contributed by atoms with Crippen LogP contribution in [0.5, 0.6) is 0 Å². The van der Waals surface area contributed by atoms with Gasteiger partial charge in [0.15, 0.2) is 5.76 Å². The first-order chi connectivity index (χ1) is 14.9. The van der Waals surface area contributed by atoms with Gasteiger partial charge in [-0.15, -0.1) is 0 Å². The number of aromatic nitrogens is 2. The van der Waals surface area contributed by atoms with Gasteiger partial charge in [0.05, 0.1) is 12.2 Å². The van der Waals surface area contributed by atoms with Crippen molar-refractivity contribution < 1.29 is 14.0 Å². The van der Waals surface area contributed by atoms with Crippen LogP contribution in [0.25, 0.3) is 11.0 Å². The second kappa shape index (κ2) is 7.37. The third-order valence-corrected chi connectivity index (χ3v) is 6.44. The van der Waals surface area contributed by atoms with E-state index in [-0.39, 0.29) is 23.3 Å². The molecule has 31 heavy (non-hydrogen) atoms. The monoisotopic (exact) mass is 420 g/mol. The first-order valence-electron chi connectivity index (χ1n) is 10.6. The minimum atomic E-state index is -0.140. The number of nitrogens with one attached hydrogen (secondary N) is 1. The van der Waals surface area contributed by atoms with Crippen molar-refractivity contribution in [2.24, 2.45) is 0 Å². The van der Waals surface area contributed by atoms with Crippen LogP contribution in [0.1, 0.15) is 52.5 Å². The maximum atomic E-state index is 13.1. The largest absolute Gasteiger partial charge is 0.451 e. The molecule has 8 heteroatoms. The molecule has 0 bridgehead atoms. The SMILES string of the molecule is CC(=O)N1CCc2c(nc(C3CCN(C(=O)c4oc5ccccc5c4C)C3)[nH]c2=O)C1. The van der Waals surface area contributed by atoms with E-state index in [1.165, 1.54) is 6.92 Å². The van der Waals surface area contributed by atoms with Gasteiger partial charge in [-0.05, 0) is 25.8 Å². The molecule has 1 unspecified atom stereocenters. The third-order valence-electron chi connectivity index (χ3n) is 6.44. The molecule has 2 aliphatic rings. The fraction of sp³-hybridized carbons (Fsp3) is 0.391. The number of rotatable bonds is 2. The van der Waals surface area contributed by atoms with Crippen LogP contribution in [0, 0.1) is 6.92 Å². The van der Waals surface area contributed by atoms with Gasteiger partial charge in [0.1, 0.15) is 11.4 Å². The lowest BCUT2D eigenvalue weighted by atomic mass is 10.0. The average Bonchev–Trinajstić information content (AvgIpc) is 3.38. The number of benzene rings is 1. The van der Waals surface area contributed by atoms with E-state index < -0.39 is 0 Å². The maximum Gasteiger partial charge on any atom is 0.289 e. The number of carbonyl (C=O) groups is 2. The molecule has 160 valence electrons. The van der Waals surface area contributed by atoms with Gasteiger partial charge >= 0.3 is 0 Å². The van der Waals surface area contributed by atoms with Crippen LogP contribution in [0.2, 0.25) is 0 Å². The predicted octanol–water partition coefficient (Wildman–Crippen LogP) is 2.36. The first kappa shape index (κ1) is 19.5. The molecule has 0 spiro atoms. The van der Waals surface area contributed by atoms with E-state index in [9.17, 15) is 14.4 Å². The van der Waals surface area contributed by atoms with Gasteiger partial charge in [0.2, 0.25) is 5.91 Å². The number of aryl methyl sites for hydroxylation is 1. The van der Waals surface area contributed by atoms with Gasteiger partial charge in [-0.2, -0.15) is 0 Å². The fourth-order valence-corrected chi connectivity index (χ4v) is 4.61. The zero-order valence-electron chi connectivity index (χ0n) is 17.6. The molecule has 5 rings (SSSR count). The second-order valence-electron chi connectivity index (χ2n) is 8.36. The number of hydrogen-bond donors (Lipinski definition) is 1. The van der Waals surface area contributed by atoms with Crippen LogP contribution in [0.3, 0.4) is 0 Å². The van der Waals surface area contributed by atoms with Crippen molar-refractivity contribution in [1.82, 2.24) is 19.8 Å². The lowest BCUT2D eigenvalue weighted by molar-refractivity contribution is -0.129. The van der Waals surface area contributed by atoms with Crippen LogP contribution in [-0.2, 0) is 17.8 Å². The number of furan rings is 1. The number of nitrogens with zero attached hydrogens (tertiary/aromatic N) is 3. The zero-order valence-corrected chi connectivity index (χ0v) is 17.6. The van der Waals surface area contributed by atoms with E-state index in [2.05, 4.69) is 4.98 Å². The Morgan fingerprint density at radius 2 is 2.00 bits per heavy atom. The van der Waals surface area contributed by atoms with Crippen molar-refractivity contribution in [3.63, 3.8) is 0 Å². The third kappa shape index (κ3) is 3.32. The summed E-state index contributed by atoms with van der Waals surface area (Å²) in [6.07, 6.45) is 1.22. The molecule has 8 nitrogen and oxygen atoms in total. The Morgan fingerprint density at radius 1 is 1.19 bits per heavy atom. The summed E-state index contributed by atoms with van der Waals surface area (Å²) in [6, 6.07) is 7.62. The fourth-order valence-electron chi connectivity index (χ4n) is 4.61. The smallest absolute Gasteiger partial charge is 0.289 e. The number of para-hydroxylation sites is 1. The van der Waals surface area contributed by atoms with Crippen molar-refractivity contribution in [2.75, 3.05) is 19.6 Å². The number of carbonyl (C=O) groups excluding carboxylic acids is 2. The molecule has 3 aromatic rings. The molecule has 2 aliphatic heterocycles. The van der Waals surface area contributed by atoms with Gasteiger partial charge in [-0.3, -0.25) is 14.4 Å². The summed E-state index contributed by atoms with van der Waals surface area (Å²) in [5, 5.41) is 0.942. The van der Waals surface area contributed by atoms with E-state index >= 15 is 0 Å². The summed E-state index contributed by atoms with van der Waals surface area (Å²) in [6.45, 7) is 5.35. The van der Waals surface area contributed by atoms with E-state index in [1.54, 1.807) is 9.80 Å². The Bertz CT molecular complexity index is 1260. The topological polar surface area (TPSA) is 99.5 Å². The Kier molecular flexibility index (Phi) is 4.64. The average molecular weight is 420 g/mol. The Labute approximate surface area is 178 Å². The van der Waals surface area contributed by atoms with E-state index in [0.717, 1.165) is 10.9 Å². The van der Waals surface area contributed by atoms with Gasteiger partial charge < -0.3 is 19.2 Å². The van der Waals surface area contributed by atoms with Crippen LogP contribution in [-0.4, -0.2) is 51.2 Å². The number of fused-ring (bicyclic) bond motifs is 2. The molecule has 2 amide bonds. The summed E-state index contributed by atoms with van der Waals surface area (Å²) >= 11 is 0. The summed E-state index contributed by atoms with van der Waals surface area (Å²) in [7, 11) is 0. The van der Waals surface area contributed by atoms with Gasteiger partial charge in [0, 0.05) is 49.0 Å². The summed E-state index contributed by atoms with van der Waals surface area (Å²) in [5.41, 5.74) is 2.73. The van der Waals surface area contributed by atoms with Gasteiger partial charge in [-0.1, -0.05) is 18.2 Å². The molecule has 1 atom stereocenters. The number of H-pyrrole nitrogens is 1. The van der Waals surface area contributed by atoms with E-state index in [0.29, 0.717) is 67.4 Å². The Hall–Kier alpha value is -3.42. The van der Waals surface area contributed by atoms with Crippen LogP contribution < -0.4 is 5.56 Å². The molecule has 1 N–H and O–H groups in total. The second-order valence-corrected chi connectivity index (χ2v) is 8.36. The van der Waals surface area contributed by atoms with Crippen molar-refractivity contribution in [2.45, 2.75) is 39.2 Å². The highest BCUT2D eigenvalue weighted by Crippen LogP contribution is 2.30. The Balaban J connectivity index is 1.38. The van der Waals surface area contributed by atoms with Gasteiger partial charge in [0.25, 0.3) is 11.5 Å². The van der Waals surface area contributed by atoms with E-state index in [1.807, 2.05) is 31.2 Å². The quantitative estimate of drug-likeness (QED) is 0.686. The lowest BCUT2D eigenvalue weighted by Gasteiger charge is -2.27. The van der Waals surface area contributed by atoms with Crippen LogP contribution in [0.4, 0.5) is 0 Å². The molecular weight excluding hydrogens is 396 g/mol. The molecule has 2 aromatic heterocycles. The van der Waals surface area contributed by atoms with Crippen molar-refractivity contribution in [1.29, 1.82) is 0 Å². The zero-order chi connectivity index (χ0) is 21.7. The predicted molar refractivity (Wildman–Crippen MR) is 114 cm³/mol. The van der Waals surface area contributed by atoms with E-state index in [4.69, 9.17) is 9.40 Å².